The van der Waals surface area contributed by atoms with E-state index >= 15 is 0 Å². The first-order valence-corrected chi connectivity index (χ1v) is 13.0. The molecule has 0 aliphatic heterocycles. The SMILES string of the molecule is C=COC(=S)CCCCCCCCCCCCCCCCCCCCCCC. The third-order valence-electron chi connectivity index (χ3n) is 5.70. The third kappa shape index (κ3) is 23.7. The summed E-state index contributed by atoms with van der Waals surface area (Å²) in [5.41, 5.74) is 0. The van der Waals surface area contributed by atoms with E-state index in [4.69, 9.17) is 17.0 Å². The molecule has 0 amide bonds. The molecule has 0 aliphatic carbocycles. The van der Waals surface area contributed by atoms with Gasteiger partial charge in [0.2, 0.25) is 0 Å². The number of rotatable bonds is 23. The molecule has 0 rings (SSSR count). The Morgan fingerprint density at radius 3 is 1.14 bits per heavy atom. The Kier molecular flexibility index (Phi) is 24.3. The van der Waals surface area contributed by atoms with E-state index in [1.807, 2.05) is 0 Å². The van der Waals surface area contributed by atoms with Crippen molar-refractivity contribution in [3.05, 3.63) is 12.8 Å². The molecule has 0 aliphatic rings. The highest BCUT2D eigenvalue weighted by molar-refractivity contribution is 7.80. The topological polar surface area (TPSA) is 9.23 Å². The van der Waals surface area contributed by atoms with Gasteiger partial charge in [0, 0.05) is 6.42 Å². The van der Waals surface area contributed by atoms with Gasteiger partial charge >= 0.3 is 0 Å². The molecule has 0 saturated heterocycles. The molecule has 0 unspecified atom stereocenters. The highest BCUT2D eigenvalue weighted by Gasteiger charge is 1.97. The molecule has 0 aromatic carbocycles. The fourth-order valence-electron chi connectivity index (χ4n) is 3.85. The predicted molar refractivity (Wildman–Crippen MR) is 131 cm³/mol. The van der Waals surface area contributed by atoms with E-state index in [1.54, 1.807) is 0 Å². The zero-order chi connectivity index (χ0) is 20.5. The first-order chi connectivity index (χ1) is 13.8. The Labute approximate surface area is 183 Å². The maximum absolute atomic E-state index is 5.09. The number of thiocarbonyl (C=S) groups is 1. The van der Waals surface area contributed by atoms with Crippen LogP contribution in [-0.4, -0.2) is 5.05 Å². The van der Waals surface area contributed by atoms with Crippen LogP contribution in [0.5, 0.6) is 0 Å². The quantitative estimate of drug-likeness (QED) is 0.0941. The average molecular weight is 411 g/mol. The summed E-state index contributed by atoms with van der Waals surface area (Å²) in [5, 5.41) is 0.688. The van der Waals surface area contributed by atoms with Crippen LogP contribution in [0.4, 0.5) is 0 Å². The Balaban J connectivity index is 3.03. The summed E-state index contributed by atoms with van der Waals surface area (Å²) < 4.78 is 5.08. The van der Waals surface area contributed by atoms with Crippen molar-refractivity contribution < 1.29 is 4.74 Å². The summed E-state index contributed by atoms with van der Waals surface area (Å²) in [5.74, 6) is 0. The fraction of sp³-hybridized carbons (Fsp3) is 0.885. The van der Waals surface area contributed by atoms with Crippen LogP contribution >= 0.6 is 12.2 Å². The Bertz CT molecular complexity index is 326. The molecule has 0 aromatic heterocycles. The van der Waals surface area contributed by atoms with Crippen molar-refractivity contribution in [2.75, 3.05) is 0 Å². The van der Waals surface area contributed by atoms with E-state index in [1.165, 1.54) is 135 Å². The van der Waals surface area contributed by atoms with Gasteiger partial charge in [-0.15, -0.1) is 0 Å². The van der Waals surface area contributed by atoms with Crippen LogP contribution in [0.3, 0.4) is 0 Å². The van der Waals surface area contributed by atoms with Gasteiger partial charge < -0.3 is 4.74 Å². The molecule has 0 atom stereocenters. The molecule has 0 N–H and O–H groups in total. The van der Waals surface area contributed by atoms with Gasteiger partial charge in [0.15, 0.2) is 5.05 Å². The van der Waals surface area contributed by atoms with Crippen LogP contribution in [-0.2, 0) is 4.74 Å². The van der Waals surface area contributed by atoms with Crippen molar-refractivity contribution in [2.45, 2.75) is 148 Å². The van der Waals surface area contributed by atoms with Gasteiger partial charge in [0.05, 0.1) is 6.26 Å². The third-order valence-corrected chi connectivity index (χ3v) is 6.00. The lowest BCUT2D eigenvalue weighted by Crippen LogP contribution is -1.95. The van der Waals surface area contributed by atoms with Crippen LogP contribution in [0.1, 0.15) is 148 Å². The summed E-state index contributed by atoms with van der Waals surface area (Å²) in [6.07, 6.45) is 32.2. The first kappa shape index (κ1) is 27.6. The van der Waals surface area contributed by atoms with Gasteiger partial charge in [0.1, 0.15) is 0 Å². The molecule has 28 heavy (non-hydrogen) atoms. The number of ether oxygens (including phenoxy) is 1. The van der Waals surface area contributed by atoms with E-state index in [9.17, 15) is 0 Å². The lowest BCUT2D eigenvalue weighted by Gasteiger charge is -2.04. The molecule has 0 fully saturated rings. The fourth-order valence-corrected chi connectivity index (χ4v) is 4.07. The van der Waals surface area contributed by atoms with Crippen molar-refractivity contribution in [2.24, 2.45) is 0 Å². The summed E-state index contributed by atoms with van der Waals surface area (Å²) in [6.45, 7) is 5.82. The smallest absolute Gasteiger partial charge is 0.166 e. The zero-order valence-electron chi connectivity index (χ0n) is 19.2. The first-order valence-electron chi connectivity index (χ1n) is 12.6. The van der Waals surface area contributed by atoms with E-state index in [2.05, 4.69) is 13.5 Å². The van der Waals surface area contributed by atoms with Crippen LogP contribution in [0, 0.1) is 0 Å². The van der Waals surface area contributed by atoms with Crippen molar-refractivity contribution in [1.82, 2.24) is 0 Å². The maximum atomic E-state index is 5.09. The standard InChI is InChI=1S/C26H50OS/c1-3-5-6-7-8-9-10-11-12-13-14-15-16-17-18-19-20-21-22-23-24-25-26(28)27-4-2/h4H,2-3,5-25H2,1H3. The second-order valence-corrected chi connectivity index (χ2v) is 8.93. The Morgan fingerprint density at radius 2 is 0.857 bits per heavy atom. The van der Waals surface area contributed by atoms with Crippen LogP contribution in [0.2, 0.25) is 0 Å². The molecule has 0 aromatic rings. The molecule has 0 spiro atoms. The van der Waals surface area contributed by atoms with Crippen molar-refractivity contribution in [3.8, 4) is 0 Å². The average Bonchev–Trinajstić information content (AvgIpc) is 2.69. The van der Waals surface area contributed by atoms with E-state index in [-0.39, 0.29) is 0 Å². The van der Waals surface area contributed by atoms with Gasteiger partial charge in [0.25, 0.3) is 0 Å². The van der Waals surface area contributed by atoms with Crippen molar-refractivity contribution in [3.63, 3.8) is 0 Å². The minimum absolute atomic E-state index is 0.688. The number of hydrogen-bond acceptors (Lipinski definition) is 2. The molecular weight excluding hydrogens is 360 g/mol. The van der Waals surface area contributed by atoms with Crippen LogP contribution in [0.25, 0.3) is 0 Å². The van der Waals surface area contributed by atoms with Gasteiger partial charge in [-0.1, -0.05) is 142 Å². The highest BCUT2D eigenvalue weighted by atomic mass is 32.1. The molecule has 0 bridgehead atoms. The van der Waals surface area contributed by atoms with Gasteiger partial charge in [-0.2, -0.15) is 0 Å². The van der Waals surface area contributed by atoms with Crippen LogP contribution in [0.15, 0.2) is 12.8 Å². The minimum Gasteiger partial charge on any atom is -0.459 e. The largest absolute Gasteiger partial charge is 0.459 e. The lowest BCUT2D eigenvalue weighted by atomic mass is 10.0. The molecule has 166 valence electrons. The maximum Gasteiger partial charge on any atom is 0.166 e. The van der Waals surface area contributed by atoms with Crippen molar-refractivity contribution >= 4 is 17.3 Å². The molecule has 0 saturated carbocycles. The molecule has 1 nitrogen and oxygen atoms in total. The summed E-state index contributed by atoms with van der Waals surface area (Å²) in [4.78, 5) is 0. The zero-order valence-corrected chi connectivity index (χ0v) is 20.0. The van der Waals surface area contributed by atoms with Gasteiger partial charge in [-0.05, 0) is 18.6 Å². The highest BCUT2D eigenvalue weighted by Crippen LogP contribution is 2.15. The minimum atomic E-state index is 0.688. The van der Waals surface area contributed by atoms with E-state index in [0.717, 1.165) is 12.8 Å². The molecular formula is C26H50OS. The van der Waals surface area contributed by atoms with Crippen LogP contribution < -0.4 is 0 Å². The predicted octanol–water partition coefficient (Wildman–Crippen LogP) is 10.1. The van der Waals surface area contributed by atoms with Gasteiger partial charge in [-0.25, -0.2) is 0 Å². The Morgan fingerprint density at radius 1 is 0.571 bits per heavy atom. The van der Waals surface area contributed by atoms with Crippen molar-refractivity contribution in [1.29, 1.82) is 0 Å². The van der Waals surface area contributed by atoms with Gasteiger partial charge in [-0.3, -0.25) is 0 Å². The number of hydrogen-bond donors (Lipinski definition) is 0. The summed E-state index contributed by atoms with van der Waals surface area (Å²) >= 11 is 5.09. The monoisotopic (exact) mass is 410 g/mol. The summed E-state index contributed by atoms with van der Waals surface area (Å²) in [7, 11) is 0. The normalized spacial score (nSPS) is 10.9. The second-order valence-electron chi connectivity index (χ2n) is 8.48. The second kappa shape index (κ2) is 24.7. The molecule has 0 radical (unpaired) electrons. The number of unbranched alkanes of at least 4 members (excludes halogenated alkanes) is 20. The van der Waals surface area contributed by atoms with E-state index in [0.29, 0.717) is 5.05 Å². The van der Waals surface area contributed by atoms with E-state index < -0.39 is 0 Å². The Hall–Kier alpha value is -0.370. The lowest BCUT2D eigenvalue weighted by molar-refractivity contribution is 0.465. The molecule has 2 heteroatoms. The summed E-state index contributed by atoms with van der Waals surface area (Å²) in [6, 6.07) is 0. The molecule has 0 heterocycles.